The van der Waals surface area contributed by atoms with Gasteiger partial charge in [-0.1, -0.05) is 69.7 Å². The van der Waals surface area contributed by atoms with Crippen LogP contribution >= 0.6 is 39.0 Å². The summed E-state index contributed by atoms with van der Waals surface area (Å²) >= 11 is 6.44. The molecule has 0 radical (unpaired) electrons. The number of benzene rings is 3. The summed E-state index contributed by atoms with van der Waals surface area (Å²) in [6.07, 6.45) is 5.80. The molecule has 0 amide bonds. The molecule has 6 rings (SSSR count). The molecular formula is C33H27BrN4O3S2. The molecule has 0 spiro atoms. The highest BCUT2D eigenvalue weighted by atomic mass is 79.9. The van der Waals surface area contributed by atoms with Gasteiger partial charge in [0.05, 0.1) is 39.8 Å². The minimum atomic E-state index is -0.661. The molecule has 10 heteroatoms. The first-order chi connectivity index (χ1) is 20.9. The van der Waals surface area contributed by atoms with E-state index in [4.69, 9.17) is 14.8 Å². The molecular weight excluding hydrogens is 644 g/mol. The SMILES string of the molecule is CCOC(=O)C1=C(C)N=c2sc(=Cc3cn(-c4ccccc4)nc3-c3ccc(Br)cc3)c(=O)n2C1c1ccc(SC)cc1. The molecule has 216 valence electrons. The van der Waals surface area contributed by atoms with Crippen molar-refractivity contribution in [2.24, 2.45) is 4.99 Å². The fourth-order valence-electron chi connectivity index (χ4n) is 5.07. The van der Waals surface area contributed by atoms with Gasteiger partial charge in [0, 0.05) is 26.7 Å². The molecule has 2 aromatic heterocycles. The van der Waals surface area contributed by atoms with Crippen LogP contribution < -0.4 is 14.9 Å². The summed E-state index contributed by atoms with van der Waals surface area (Å²) in [4.78, 5) is 33.7. The van der Waals surface area contributed by atoms with E-state index in [1.165, 1.54) is 11.3 Å². The fourth-order valence-corrected chi connectivity index (χ4v) is 6.78. The minimum Gasteiger partial charge on any atom is -0.463 e. The maximum atomic E-state index is 14.2. The highest BCUT2D eigenvalue weighted by molar-refractivity contribution is 9.10. The average molecular weight is 672 g/mol. The topological polar surface area (TPSA) is 78.5 Å². The molecule has 0 fully saturated rings. The number of halogens is 1. The number of hydrogen-bond acceptors (Lipinski definition) is 7. The van der Waals surface area contributed by atoms with Crippen molar-refractivity contribution in [3.8, 4) is 16.9 Å². The Morgan fingerprint density at radius 2 is 1.79 bits per heavy atom. The van der Waals surface area contributed by atoms with E-state index in [0.29, 0.717) is 20.6 Å². The lowest BCUT2D eigenvalue weighted by Crippen LogP contribution is -2.39. The van der Waals surface area contributed by atoms with Crippen LogP contribution in [0.3, 0.4) is 0 Å². The van der Waals surface area contributed by atoms with Crippen LogP contribution in [0.4, 0.5) is 0 Å². The molecule has 0 N–H and O–H groups in total. The number of ether oxygens (including phenoxy) is 1. The monoisotopic (exact) mass is 670 g/mol. The number of esters is 1. The summed E-state index contributed by atoms with van der Waals surface area (Å²) < 4.78 is 10.3. The second-order valence-electron chi connectivity index (χ2n) is 9.80. The number of nitrogens with zero attached hydrogens (tertiary/aromatic N) is 4. The van der Waals surface area contributed by atoms with Crippen LogP contribution in [0.5, 0.6) is 0 Å². The van der Waals surface area contributed by atoms with Gasteiger partial charge in [-0.05, 0) is 68.1 Å². The molecule has 3 heterocycles. The van der Waals surface area contributed by atoms with Gasteiger partial charge in [0.1, 0.15) is 0 Å². The zero-order valence-corrected chi connectivity index (χ0v) is 26.9. The second-order valence-corrected chi connectivity index (χ2v) is 12.6. The molecule has 0 saturated heterocycles. The number of carbonyl (C=O) groups is 1. The number of rotatable bonds is 7. The molecule has 0 saturated carbocycles. The van der Waals surface area contributed by atoms with Gasteiger partial charge in [-0.3, -0.25) is 9.36 Å². The molecule has 7 nitrogen and oxygen atoms in total. The van der Waals surface area contributed by atoms with E-state index in [9.17, 15) is 9.59 Å². The zero-order valence-electron chi connectivity index (χ0n) is 23.7. The lowest BCUT2D eigenvalue weighted by Gasteiger charge is -2.24. The molecule has 1 unspecified atom stereocenters. The molecule has 0 aliphatic carbocycles. The van der Waals surface area contributed by atoms with Crippen LogP contribution in [0.2, 0.25) is 0 Å². The third-order valence-electron chi connectivity index (χ3n) is 7.12. The molecule has 1 aliphatic heterocycles. The normalized spacial score (nSPS) is 14.9. The van der Waals surface area contributed by atoms with Crippen molar-refractivity contribution in [1.29, 1.82) is 0 Å². The van der Waals surface area contributed by atoms with Crippen LogP contribution in [0, 0.1) is 0 Å². The lowest BCUT2D eigenvalue weighted by molar-refractivity contribution is -0.139. The Bertz CT molecular complexity index is 2030. The van der Waals surface area contributed by atoms with Crippen molar-refractivity contribution < 1.29 is 9.53 Å². The molecule has 1 aliphatic rings. The van der Waals surface area contributed by atoms with E-state index >= 15 is 0 Å². The highest BCUT2D eigenvalue weighted by Crippen LogP contribution is 2.32. The van der Waals surface area contributed by atoms with Crippen LogP contribution in [0.1, 0.15) is 31.0 Å². The molecule has 43 heavy (non-hydrogen) atoms. The summed E-state index contributed by atoms with van der Waals surface area (Å²) in [7, 11) is 0. The van der Waals surface area contributed by atoms with Crippen LogP contribution in [0.15, 0.2) is 115 Å². The number of fused-ring (bicyclic) bond motifs is 1. The van der Waals surface area contributed by atoms with E-state index in [2.05, 4.69) is 15.9 Å². The maximum Gasteiger partial charge on any atom is 0.338 e. The summed E-state index contributed by atoms with van der Waals surface area (Å²) in [6, 6.07) is 25.0. The number of thiazole rings is 1. The molecule has 0 bridgehead atoms. The second kappa shape index (κ2) is 12.3. The van der Waals surface area contributed by atoms with E-state index in [0.717, 1.165) is 37.4 Å². The summed E-state index contributed by atoms with van der Waals surface area (Å²) in [5, 5.41) is 4.91. The van der Waals surface area contributed by atoms with Crippen LogP contribution in [0.25, 0.3) is 23.0 Å². The Morgan fingerprint density at radius 3 is 2.47 bits per heavy atom. The summed E-state index contributed by atoms with van der Waals surface area (Å²) in [5.41, 5.74) is 4.85. The van der Waals surface area contributed by atoms with Crippen molar-refractivity contribution in [2.45, 2.75) is 24.8 Å². The van der Waals surface area contributed by atoms with Gasteiger partial charge in [0.2, 0.25) is 0 Å². The number of hydrogen-bond donors (Lipinski definition) is 0. The Balaban J connectivity index is 1.55. The van der Waals surface area contributed by atoms with Crippen LogP contribution in [-0.4, -0.2) is 33.2 Å². The largest absolute Gasteiger partial charge is 0.463 e. The standard InChI is InChI=1S/C33H27BrN4O3S2/c1-4-41-32(40)28-20(2)35-33-38(30(28)22-12-16-26(42-3)17-13-22)31(39)27(43-33)18-23-19-37(25-8-6-5-7-9-25)36-29(23)21-10-14-24(34)15-11-21/h5-19,30H,4H2,1-3H3. The van der Waals surface area contributed by atoms with Crippen molar-refractivity contribution in [3.05, 3.63) is 132 Å². The summed E-state index contributed by atoms with van der Waals surface area (Å²) in [5.74, 6) is -0.473. The predicted molar refractivity (Wildman–Crippen MR) is 175 cm³/mol. The van der Waals surface area contributed by atoms with Crippen molar-refractivity contribution in [1.82, 2.24) is 14.3 Å². The summed E-state index contributed by atoms with van der Waals surface area (Å²) in [6.45, 7) is 3.79. The highest BCUT2D eigenvalue weighted by Gasteiger charge is 2.33. The average Bonchev–Trinajstić information content (AvgIpc) is 3.58. The Kier molecular flexibility index (Phi) is 8.34. The minimum absolute atomic E-state index is 0.225. The number of para-hydroxylation sites is 1. The maximum absolute atomic E-state index is 14.2. The van der Waals surface area contributed by atoms with Gasteiger partial charge in [-0.25, -0.2) is 14.5 Å². The predicted octanol–water partition coefficient (Wildman–Crippen LogP) is 6.14. The molecule has 3 aromatic carbocycles. The number of allylic oxidation sites excluding steroid dienone is 1. The van der Waals surface area contributed by atoms with Crippen molar-refractivity contribution >= 4 is 51.1 Å². The third kappa shape index (κ3) is 5.70. The van der Waals surface area contributed by atoms with Gasteiger partial charge < -0.3 is 4.74 Å². The van der Waals surface area contributed by atoms with Crippen molar-refractivity contribution in [3.63, 3.8) is 0 Å². The molecule has 1 atom stereocenters. The zero-order chi connectivity index (χ0) is 30.1. The van der Waals surface area contributed by atoms with Gasteiger partial charge in [0.25, 0.3) is 5.56 Å². The first-order valence-corrected chi connectivity index (χ1v) is 16.5. The van der Waals surface area contributed by atoms with Gasteiger partial charge in [-0.15, -0.1) is 11.8 Å². The van der Waals surface area contributed by atoms with Gasteiger partial charge in [0.15, 0.2) is 4.80 Å². The lowest BCUT2D eigenvalue weighted by atomic mass is 9.96. The first kappa shape index (κ1) is 29.1. The Labute approximate surface area is 265 Å². The van der Waals surface area contributed by atoms with E-state index < -0.39 is 12.0 Å². The Hall–Kier alpha value is -3.99. The molecule has 5 aromatic rings. The fraction of sp³-hybridized carbons (Fsp3) is 0.152. The van der Waals surface area contributed by atoms with E-state index in [-0.39, 0.29) is 12.2 Å². The van der Waals surface area contributed by atoms with E-state index in [1.54, 1.807) is 30.2 Å². The quantitative estimate of drug-likeness (QED) is 0.154. The van der Waals surface area contributed by atoms with Crippen molar-refractivity contribution in [2.75, 3.05) is 12.9 Å². The first-order valence-electron chi connectivity index (χ1n) is 13.6. The van der Waals surface area contributed by atoms with Gasteiger partial charge in [-0.2, -0.15) is 5.10 Å². The smallest absolute Gasteiger partial charge is 0.338 e. The van der Waals surface area contributed by atoms with E-state index in [1.807, 2.05) is 102 Å². The third-order valence-corrected chi connectivity index (χ3v) is 9.37. The number of aromatic nitrogens is 3. The van der Waals surface area contributed by atoms with Gasteiger partial charge >= 0.3 is 5.97 Å². The van der Waals surface area contributed by atoms with Crippen LogP contribution in [-0.2, 0) is 9.53 Å². The number of thioether (sulfide) groups is 1. The number of carbonyl (C=O) groups excluding carboxylic acids is 1. The Morgan fingerprint density at radius 1 is 1.07 bits per heavy atom.